The van der Waals surface area contributed by atoms with E-state index in [2.05, 4.69) is 20.0 Å². The lowest BCUT2D eigenvalue weighted by Crippen LogP contribution is -2.31. The zero-order chi connectivity index (χ0) is 34.2. The van der Waals surface area contributed by atoms with Gasteiger partial charge in [0, 0.05) is 28.4 Å². The topological polar surface area (TPSA) is 148 Å². The molecule has 1 amide bonds. The Morgan fingerprint density at radius 3 is 2.37 bits per heavy atom. The lowest BCUT2D eigenvalue weighted by molar-refractivity contribution is -0.274. The van der Waals surface area contributed by atoms with Gasteiger partial charge in [0.05, 0.1) is 17.2 Å². The van der Waals surface area contributed by atoms with Gasteiger partial charge >= 0.3 is 6.36 Å². The number of nitrogens with one attached hydrogen (secondary N) is 1. The molecule has 0 bridgehead atoms. The monoisotopic (exact) mass is 720 g/mol. The van der Waals surface area contributed by atoms with Crippen molar-refractivity contribution >= 4 is 71.8 Å². The first-order valence-electron chi connectivity index (χ1n) is 13.2. The Labute approximate surface area is 274 Å². The molecule has 248 valence electrons. The van der Waals surface area contributed by atoms with Crippen molar-refractivity contribution in [2.75, 3.05) is 21.8 Å². The number of halogens is 4. The Kier molecular flexibility index (Phi) is 10.2. The third kappa shape index (κ3) is 9.06. The van der Waals surface area contributed by atoms with Crippen molar-refractivity contribution in [3.63, 3.8) is 0 Å². The normalized spacial score (nSPS) is 13.1. The lowest BCUT2D eigenvalue weighted by atomic mass is 9.78. The number of amides is 1. The quantitative estimate of drug-likeness (QED) is 0.165. The van der Waals surface area contributed by atoms with Gasteiger partial charge in [-0.15, -0.1) is 24.5 Å². The molecule has 1 unspecified atom stereocenters. The number of rotatable bonds is 11. The zero-order valence-electron chi connectivity index (χ0n) is 24.9. The first kappa shape index (κ1) is 35.3. The summed E-state index contributed by atoms with van der Waals surface area (Å²) in [6.45, 7) is 7.01. The molecule has 0 aliphatic carbocycles. The Morgan fingerprint density at radius 1 is 1.11 bits per heavy atom. The third-order valence-electron chi connectivity index (χ3n) is 6.33. The minimum Gasteiger partial charge on any atom is -0.491 e. The Hall–Kier alpha value is -3.51. The largest absolute Gasteiger partial charge is 0.573 e. The van der Waals surface area contributed by atoms with Crippen LogP contribution < -0.4 is 19.1 Å². The summed E-state index contributed by atoms with van der Waals surface area (Å²) in [6.07, 6.45) is -3.22. The first-order valence-corrected chi connectivity index (χ1v) is 17.6. The second kappa shape index (κ2) is 13.3. The smallest absolute Gasteiger partial charge is 0.491 e. The average molecular weight is 721 g/mol. The number of thiophene rings is 1. The van der Waals surface area contributed by atoms with Gasteiger partial charge in [0.25, 0.3) is 17.2 Å². The summed E-state index contributed by atoms with van der Waals surface area (Å²) < 4.78 is 94.5. The van der Waals surface area contributed by atoms with Crippen LogP contribution in [-0.4, -0.2) is 57.7 Å². The highest BCUT2D eigenvalue weighted by molar-refractivity contribution is 7.92. The molecule has 0 aliphatic rings. The van der Waals surface area contributed by atoms with Crippen LogP contribution in [0, 0.1) is 0 Å². The number of alkyl halides is 3. The van der Waals surface area contributed by atoms with Crippen molar-refractivity contribution < 1.29 is 44.6 Å². The molecule has 0 fully saturated rings. The number of fused-ring (bicyclic) bond motifs is 1. The number of sulfone groups is 1. The molecule has 2 N–H and O–H groups in total. The number of benzene rings is 2. The van der Waals surface area contributed by atoms with Crippen LogP contribution in [0.1, 0.15) is 48.5 Å². The van der Waals surface area contributed by atoms with Gasteiger partial charge in [-0.2, -0.15) is 0 Å². The van der Waals surface area contributed by atoms with Crippen LogP contribution in [0.2, 0.25) is 5.02 Å². The summed E-state index contributed by atoms with van der Waals surface area (Å²) in [6, 6.07) is 10.2. The molecule has 0 spiro atoms. The average Bonchev–Trinajstić information content (AvgIpc) is 3.33. The third-order valence-corrected chi connectivity index (χ3v) is 9.16. The van der Waals surface area contributed by atoms with Crippen molar-refractivity contribution in [3.8, 4) is 11.5 Å². The molecule has 11 nitrogen and oxygen atoms in total. The van der Waals surface area contributed by atoms with Gasteiger partial charge in [-0.25, -0.2) is 26.9 Å². The van der Waals surface area contributed by atoms with Gasteiger partial charge in [-0.05, 0) is 61.4 Å². The van der Waals surface area contributed by atoms with Crippen molar-refractivity contribution in [1.82, 2.24) is 9.97 Å². The van der Waals surface area contributed by atoms with E-state index in [0.29, 0.717) is 20.3 Å². The van der Waals surface area contributed by atoms with Gasteiger partial charge < -0.3 is 14.8 Å². The molecule has 18 heteroatoms. The van der Waals surface area contributed by atoms with Gasteiger partial charge in [0.1, 0.15) is 27.7 Å². The van der Waals surface area contributed by atoms with E-state index in [9.17, 15) is 35.1 Å². The SMILES string of the molecule is CC(C)Oc1cc(OC(F)(F)F)cc(C(C)(C)c2cc(Cl)cc(NC(=O)c3cc4nc(N(CS(C)(=O)=O)S(=O)O)cnc4s3)c2)c1. The highest BCUT2D eigenvalue weighted by Gasteiger charge is 2.33. The number of nitrogens with zero attached hydrogens (tertiary/aromatic N) is 3. The van der Waals surface area contributed by atoms with Gasteiger partial charge in [0.15, 0.2) is 15.7 Å². The molecule has 2 heterocycles. The van der Waals surface area contributed by atoms with E-state index in [4.69, 9.17) is 16.3 Å². The summed E-state index contributed by atoms with van der Waals surface area (Å²) in [7, 11) is -3.69. The Morgan fingerprint density at radius 2 is 1.76 bits per heavy atom. The molecule has 46 heavy (non-hydrogen) atoms. The maximum atomic E-state index is 13.2. The predicted octanol–water partition coefficient (Wildman–Crippen LogP) is 6.55. The van der Waals surface area contributed by atoms with E-state index in [1.807, 2.05) is 0 Å². The predicted molar refractivity (Wildman–Crippen MR) is 171 cm³/mol. The van der Waals surface area contributed by atoms with Crippen LogP contribution in [0.5, 0.6) is 11.5 Å². The minimum atomic E-state index is -4.92. The van der Waals surface area contributed by atoms with E-state index in [-0.39, 0.29) is 38.8 Å². The standard InChI is InChI=1S/C28H28ClF3N4O7S3/c1-15(2)42-20-8-17(9-21(11-20)43-28(30,31)32)27(3,4)16-6-18(29)10-19(7-16)34-25(37)23-12-22-26(44-23)33-13-24(35-22)36(45(38)39)14-46(5,40)41/h6-13,15H,14H2,1-5H3,(H,34,37)(H,38,39). The van der Waals surface area contributed by atoms with Crippen LogP contribution in [0.4, 0.5) is 24.7 Å². The molecule has 0 saturated heterocycles. The molecule has 2 aromatic heterocycles. The minimum absolute atomic E-state index is 0.167. The molecule has 4 rings (SSSR count). The van der Waals surface area contributed by atoms with Gasteiger partial charge in [0.2, 0.25) is 0 Å². The zero-order valence-corrected chi connectivity index (χ0v) is 28.1. The van der Waals surface area contributed by atoms with Crippen LogP contribution in [-0.2, 0) is 26.5 Å². The van der Waals surface area contributed by atoms with Crippen molar-refractivity contribution in [1.29, 1.82) is 0 Å². The molecule has 4 aromatic rings. The van der Waals surface area contributed by atoms with Crippen LogP contribution in [0.25, 0.3) is 10.3 Å². The molecular weight excluding hydrogens is 693 g/mol. The van der Waals surface area contributed by atoms with Gasteiger partial charge in [-0.3, -0.25) is 9.35 Å². The van der Waals surface area contributed by atoms with Crippen LogP contribution in [0.3, 0.4) is 0 Å². The maximum Gasteiger partial charge on any atom is 0.573 e. The number of hydrogen-bond donors (Lipinski definition) is 2. The number of ether oxygens (including phenoxy) is 2. The van der Waals surface area contributed by atoms with Crippen LogP contribution >= 0.6 is 22.9 Å². The highest BCUT2D eigenvalue weighted by atomic mass is 35.5. The fourth-order valence-corrected chi connectivity index (χ4v) is 7.11. The fraction of sp³-hybridized carbons (Fsp3) is 0.321. The Bertz CT molecular complexity index is 1920. The first-order chi connectivity index (χ1) is 21.2. The van der Waals surface area contributed by atoms with E-state index >= 15 is 0 Å². The van der Waals surface area contributed by atoms with E-state index in [1.165, 1.54) is 18.2 Å². The van der Waals surface area contributed by atoms with Crippen LogP contribution in [0.15, 0.2) is 48.7 Å². The molecule has 1 atom stereocenters. The van der Waals surface area contributed by atoms with E-state index < -0.39 is 50.4 Å². The number of carbonyl (C=O) groups excluding carboxylic acids is 1. The molecule has 0 radical (unpaired) electrons. The second-order valence-electron chi connectivity index (χ2n) is 10.9. The van der Waals surface area contributed by atoms with E-state index in [0.717, 1.165) is 29.9 Å². The lowest BCUT2D eigenvalue weighted by Gasteiger charge is -2.28. The number of anilines is 2. The summed E-state index contributed by atoms with van der Waals surface area (Å²) in [5.41, 5.74) is 0.510. The summed E-state index contributed by atoms with van der Waals surface area (Å²) in [5, 5.41) is 2.99. The summed E-state index contributed by atoms with van der Waals surface area (Å²) >= 11 is 4.68. The van der Waals surface area contributed by atoms with E-state index in [1.54, 1.807) is 45.9 Å². The Balaban J connectivity index is 1.64. The molecule has 0 saturated carbocycles. The number of aromatic nitrogens is 2. The second-order valence-corrected chi connectivity index (χ2v) is 15.4. The maximum absolute atomic E-state index is 13.2. The summed E-state index contributed by atoms with van der Waals surface area (Å²) in [5.74, 6) is -1.81. The highest BCUT2D eigenvalue weighted by Crippen LogP contribution is 2.39. The van der Waals surface area contributed by atoms with Gasteiger partial charge in [-0.1, -0.05) is 25.4 Å². The van der Waals surface area contributed by atoms with Crippen molar-refractivity contribution in [3.05, 3.63) is 69.7 Å². The van der Waals surface area contributed by atoms with Crippen molar-refractivity contribution in [2.45, 2.75) is 45.6 Å². The number of hydrogen-bond acceptors (Lipinski definition) is 9. The summed E-state index contributed by atoms with van der Waals surface area (Å²) in [4.78, 5) is 22.1. The van der Waals surface area contributed by atoms with Crippen molar-refractivity contribution in [2.24, 2.45) is 0 Å². The molecule has 2 aromatic carbocycles. The molecular formula is C28H28ClF3N4O7S3. The molecule has 0 aliphatic heterocycles. The fourth-order valence-electron chi connectivity index (χ4n) is 4.30. The number of carbonyl (C=O) groups is 1.